The van der Waals surface area contributed by atoms with E-state index in [9.17, 15) is 4.79 Å². The summed E-state index contributed by atoms with van der Waals surface area (Å²) in [6, 6.07) is 7.07. The van der Waals surface area contributed by atoms with Crippen LogP contribution < -0.4 is 11.1 Å². The number of rotatable bonds is 4. The molecule has 3 nitrogen and oxygen atoms in total. The molecule has 1 aromatic heterocycles. The van der Waals surface area contributed by atoms with Gasteiger partial charge in [-0.2, -0.15) is 11.3 Å². The van der Waals surface area contributed by atoms with Crippen LogP contribution in [0.4, 0.5) is 5.69 Å². The number of halogens is 1. The van der Waals surface area contributed by atoms with Crippen LogP contribution in [0.25, 0.3) is 0 Å². The van der Waals surface area contributed by atoms with Crippen molar-refractivity contribution in [1.29, 1.82) is 0 Å². The van der Waals surface area contributed by atoms with Crippen molar-refractivity contribution in [2.45, 2.75) is 6.54 Å². The van der Waals surface area contributed by atoms with Gasteiger partial charge in [0.05, 0.1) is 0 Å². The lowest BCUT2D eigenvalue weighted by Gasteiger charge is -2.07. The maximum absolute atomic E-state index is 11.0. The first-order valence-corrected chi connectivity index (χ1v) is 6.33. The number of hydrogen-bond acceptors (Lipinski definition) is 3. The molecule has 0 saturated heterocycles. The Balaban J connectivity index is 2.09. The second-order valence-electron chi connectivity index (χ2n) is 3.54. The number of primary amides is 1. The Morgan fingerprint density at radius 2 is 2.24 bits per heavy atom. The third-order valence-corrected chi connectivity index (χ3v) is 3.38. The third-order valence-electron chi connectivity index (χ3n) is 2.34. The molecule has 0 aliphatic heterocycles. The number of carbonyl (C=O) groups is 1. The van der Waals surface area contributed by atoms with Crippen LogP contribution >= 0.6 is 22.9 Å². The van der Waals surface area contributed by atoms with Crippen LogP contribution in [0, 0.1) is 0 Å². The summed E-state index contributed by atoms with van der Waals surface area (Å²) >= 11 is 7.70. The van der Waals surface area contributed by atoms with Crippen LogP contribution in [0.5, 0.6) is 0 Å². The van der Waals surface area contributed by atoms with Crippen molar-refractivity contribution in [3.05, 3.63) is 51.2 Å². The topological polar surface area (TPSA) is 55.1 Å². The fourth-order valence-corrected chi connectivity index (χ4v) is 2.27. The molecule has 0 bridgehead atoms. The molecule has 0 atom stereocenters. The molecule has 3 N–H and O–H groups in total. The van der Waals surface area contributed by atoms with Gasteiger partial charge in [-0.05, 0) is 29.1 Å². The molecule has 0 radical (unpaired) electrons. The van der Waals surface area contributed by atoms with Crippen LogP contribution in [0.15, 0.2) is 35.0 Å². The number of nitrogens with one attached hydrogen (secondary N) is 1. The molecule has 1 heterocycles. The fraction of sp³-hybridized carbons (Fsp3) is 0.0833. The molecule has 1 aromatic carbocycles. The molecule has 0 spiro atoms. The Morgan fingerprint density at radius 1 is 1.41 bits per heavy atom. The van der Waals surface area contributed by atoms with Gasteiger partial charge in [-0.25, -0.2) is 0 Å². The van der Waals surface area contributed by atoms with E-state index >= 15 is 0 Å². The third kappa shape index (κ3) is 2.99. The van der Waals surface area contributed by atoms with E-state index < -0.39 is 5.91 Å². The first-order valence-electron chi connectivity index (χ1n) is 5.01. The number of thiophene rings is 1. The lowest BCUT2D eigenvalue weighted by molar-refractivity contribution is 0.100. The minimum absolute atomic E-state index is 0.425. The minimum Gasteiger partial charge on any atom is -0.380 e. The van der Waals surface area contributed by atoms with E-state index in [2.05, 4.69) is 5.32 Å². The quantitative estimate of drug-likeness (QED) is 0.893. The van der Waals surface area contributed by atoms with Crippen molar-refractivity contribution < 1.29 is 4.79 Å². The highest BCUT2D eigenvalue weighted by molar-refractivity contribution is 7.08. The highest BCUT2D eigenvalue weighted by Gasteiger charge is 2.05. The molecule has 2 rings (SSSR count). The zero-order valence-corrected chi connectivity index (χ0v) is 10.5. The van der Waals surface area contributed by atoms with Gasteiger partial charge in [0.1, 0.15) is 0 Å². The number of anilines is 1. The summed E-state index contributed by atoms with van der Waals surface area (Å²) in [6.45, 7) is 0.620. The molecule has 0 saturated carbocycles. The highest BCUT2D eigenvalue weighted by atomic mass is 35.5. The average Bonchev–Trinajstić information content (AvgIpc) is 2.80. The summed E-state index contributed by atoms with van der Waals surface area (Å²) in [5.74, 6) is -0.468. The van der Waals surface area contributed by atoms with E-state index in [0.29, 0.717) is 17.1 Å². The molecule has 0 aliphatic rings. The maximum atomic E-state index is 11.0. The van der Waals surface area contributed by atoms with Crippen molar-refractivity contribution in [2.24, 2.45) is 5.73 Å². The van der Waals surface area contributed by atoms with Crippen LogP contribution in [-0.4, -0.2) is 5.91 Å². The van der Waals surface area contributed by atoms with Crippen molar-refractivity contribution in [3.63, 3.8) is 0 Å². The van der Waals surface area contributed by atoms with Gasteiger partial charge < -0.3 is 11.1 Å². The maximum Gasteiger partial charge on any atom is 0.248 e. The predicted octanol–water partition coefficient (Wildman–Crippen LogP) is 3.11. The molecule has 0 unspecified atom stereocenters. The summed E-state index contributed by atoms with van der Waals surface area (Å²) < 4.78 is 0. The van der Waals surface area contributed by atoms with E-state index in [-0.39, 0.29) is 0 Å². The summed E-state index contributed by atoms with van der Waals surface area (Å²) in [5.41, 5.74) is 7.59. The van der Waals surface area contributed by atoms with E-state index in [0.717, 1.165) is 11.3 Å². The summed E-state index contributed by atoms with van der Waals surface area (Å²) in [7, 11) is 0. The van der Waals surface area contributed by atoms with Gasteiger partial charge >= 0.3 is 0 Å². The fourth-order valence-electron chi connectivity index (χ4n) is 1.41. The van der Waals surface area contributed by atoms with Gasteiger partial charge in [0, 0.05) is 28.2 Å². The first-order chi connectivity index (χ1) is 8.16. The lowest BCUT2D eigenvalue weighted by atomic mass is 10.1. The monoisotopic (exact) mass is 266 g/mol. The van der Waals surface area contributed by atoms with Crippen LogP contribution in [0.3, 0.4) is 0 Å². The first kappa shape index (κ1) is 12.0. The van der Waals surface area contributed by atoms with Gasteiger partial charge in [0.2, 0.25) is 5.91 Å². The largest absolute Gasteiger partial charge is 0.380 e. The minimum atomic E-state index is -0.468. The van der Waals surface area contributed by atoms with Crippen molar-refractivity contribution >= 4 is 34.5 Å². The predicted molar refractivity (Wildman–Crippen MR) is 71.6 cm³/mol. The molecule has 0 aliphatic carbocycles. The number of nitrogens with two attached hydrogens (primary N) is 1. The molecular weight excluding hydrogens is 256 g/mol. The molecule has 2 aromatic rings. The Kier molecular flexibility index (Phi) is 3.66. The number of hydrogen-bond donors (Lipinski definition) is 2. The number of benzene rings is 1. The normalized spacial score (nSPS) is 10.2. The lowest BCUT2D eigenvalue weighted by Crippen LogP contribution is -2.11. The van der Waals surface area contributed by atoms with Gasteiger partial charge in [0.25, 0.3) is 0 Å². The standard InChI is InChI=1S/C12H11ClN2OS/c13-11-5-8(12(14)16)1-2-9(11)6-15-10-3-4-17-7-10/h1-5,7,15H,6H2,(H2,14,16). The number of amides is 1. The summed E-state index contributed by atoms with van der Waals surface area (Å²) in [6.07, 6.45) is 0. The molecule has 88 valence electrons. The molecule has 1 amide bonds. The molecule has 5 heteroatoms. The van der Waals surface area contributed by atoms with E-state index in [1.807, 2.05) is 22.9 Å². The van der Waals surface area contributed by atoms with Crippen molar-refractivity contribution in [1.82, 2.24) is 0 Å². The molecule has 17 heavy (non-hydrogen) atoms. The van der Waals surface area contributed by atoms with Gasteiger partial charge in [-0.15, -0.1) is 0 Å². The molecular formula is C12H11ClN2OS. The van der Waals surface area contributed by atoms with Gasteiger partial charge in [-0.1, -0.05) is 17.7 Å². The zero-order valence-electron chi connectivity index (χ0n) is 8.94. The summed E-state index contributed by atoms with van der Waals surface area (Å²) in [4.78, 5) is 11.0. The average molecular weight is 267 g/mol. The highest BCUT2D eigenvalue weighted by Crippen LogP contribution is 2.20. The Bertz CT molecular complexity index is 525. The SMILES string of the molecule is NC(=O)c1ccc(CNc2ccsc2)c(Cl)c1. The van der Waals surface area contributed by atoms with Crippen molar-refractivity contribution in [2.75, 3.05) is 5.32 Å². The van der Waals surface area contributed by atoms with Crippen LogP contribution in [0.1, 0.15) is 15.9 Å². The van der Waals surface area contributed by atoms with E-state index in [1.165, 1.54) is 0 Å². The Labute approximate surface area is 108 Å². The van der Waals surface area contributed by atoms with E-state index in [1.54, 1.807) is 23.5 Å². The number of carbonyl (C=O) groups excluding carboxylic acids is 1. The molecule has 0 fully saturated rings. The Hall–Kier alpha value is -1.52. The van der Waals surface area contributed by atoms with Crippen LogP contribution in [-0.2, 0) is 6.54 Å². The van der Waals surface area contributed by atoms with Crippen LogP contribution in [0.2, 0.25) is 5.02 Å². The smallest absolute Gasteiger partial charge is 0.248 e. The summed E-state index contributed by atoms with van der Waals surface area (Å²) in [5, 5.41) is 7.81. The Morgan fingerprint density at radius 3 is 2.82 bits per heavy atom. The zero-order chi connectivity index (χ0) is 12.3. The second-order valence-corrected chi connectivity index (χ2v) is 4.72. The van der Waals surface area contributed by atoms with Gasteiger partial charge in [-0.3, -0.25) is 4.79 Å². The van der Waals surface area contributed by atoms with E-state index in [4.69, 9.17) is 17.3 Å². The van der Waals surface area contributed by atoms with Crippen molar-refractivity contribution in [3.8, 4) is 0 Å². The van der Waals surface area contributed by atoms with Gasteiger partial charge in [0.15, 0.2) is 0 Å². The second kappa shape index (κ2) is 5.21.